The molecule has 3 nitrogen and oxygen atoms in total. The molecule has 1 aromatic heterocycles. The van der Waals surface area contributed by atoms with Crippen LogP contribution in [0.1, 0.15) is 31.9 Å². The summed E-state index contributed by atoms with van der Waals surface area (Å²) in [7, 11) is 0. The summed E-state index contributed by atoms with van der Waals surface area (Å²) >= 11 is 0. The van der Waals surface area contributed by atoms with Gasteiger partial charge in [-0.25, -0.2) is 4.39 Å². The average Bonchev–Trinajstić information content (AvgIpc) is 2.41. The van der Waals surface area contributed by atoms with Crippen LogP contribution >= 0.6 is 0 Å². The van der Waals surface area contributed by atoms with Gasteiger partial charge in [-0.15, -0.1) is 0 Å². The number of ether oxygens (including phenoxy) is 1. The maximum Gasteiger partial charge on any atom is 0.150 e. The second-order valence-electron chi connectivity index (χ2n) is 6.10. The molecule has 0 radical (unpaired) electrons. The van der Waals surface area contributed by atoms with Gasteiger partial charge >= 0.3 is 0 Å². The van der Waals surface area contributed by atoms with Crippen molar-refractivity contribution >= 4 is 0 Å². The molecular weight excluding hydrogens is 267 g/mol. The highest BCUT2D eigenvalue weighted by Gasteiger charge is 2.12. The predicted octanol–water partition coefficient (Wildman–Crippen LogP) is 4.21. The van der Waals surface area contributed by atoms with E-state index in [-0.39, 0.29) is 11.4 Å². The molecule has 2 aromatic rings. The molecule has 1 heterocycles. The lowest BCUT2D eigenvalue weighted by molar-refractivity contribution is 0.413. The van der Waals surface area contributed by atoms with Crippen molar-refractivity contribution in [3.05, 3.63) is 53.6 Å². The van der Waals surface area contributed by atoms with Crippen LogP contribution < -0.4 is 10.1 Å². The van der Waals surface area contributed by atoms with Gasteiger partial charge in [-0.2, -0.15) is 0 Å². The van der Waals surface area contributed by atoms with E-state index in [9.17, 15) is 4.39 Å². The third kappa shape index (κ3) is 4.53. The van der Waals surface area contributed by atoms with Gasteiger partial charge in [-0.1, -0.05) is 6.07 Å². The molecule has 0 spiro atoms. The summed E-state index contributed by atoms with van der Waals surface area (Å²) < 4.78 is 19.3. The molecule has 1 N–H and O–H groups in total. The van der Waals surface area contributed by atoms with Crippen LogP contribution in [-0.2, 0) is 6.54 Å². The monoisotopic (exact) mass is 288 g/mol. The number of nitrogens with one attached hydrogen (secondary N) is 1. The first kappa shape index (κ1) is 15.4. The van der Waals surface area contributed by atoms with E-state index in [1.165, 1.54) is 6.07 Å². The van der Waals surface area contributed by atoms with Crippen LogP contribution in [0.25, 0.3) is 0 Å². The first-order valence-electron chi connectivity index (χ1n) is 6.97. The molecular formula is C17H21FN2O. The van der Waals surface area contributed by atoms with Gasteiger partial charge in [0.15, 0.2) is 0 Å². The minimum Gasteiger partial charge on any atom is -0.455 e. The smallest absolute Gasteiger partial charge is 0.150 e. The number of aryl methyl sites for hydroxylation is 1. The fourth-order valence-electron chi connectivity index (χ4n) is 1.77. The topological polar surface area (TPSA) is 34.1 Å². The van der Waals surface area contributed by atoms with Crippen molar-refractivity contribution in [2.24, 2.45) is 0 Å². The highest BCUT2D eigenvalue weighted by atomic mass is 19.1. The van der Waals surface area contributed by atoms with Crippen molar-refractivity contribution in [3.8, 4) is 11.5 Å². The molecule has 0 atom stereocenters. The van der Waals surface area contributed by atoms with E-state index in [1.54, 1.807) is 31.5 Å². The van der Waals surface area contributed by atoms with Crippen LogP contribution in [0.4, 0.5) is 4.39 Å². The van der Waals surface area contributed by atoms with Crippen LogP contribution in [0.3, 0.4) is 0 Å². The number of nitrogens with zero attached hydrogens (tertiary/aromatic N) is 1. The lowest BCUT2D eigenvalue weighted by Crippen LogP contribution is -2.35. The summed E-state index contributed by atoms with van der Waals surface area (Å²) in [5.41, 5.74) is 1.60. The molecule has 0 bridgehead atoms. The van der Waals surface area contributed by atoms with E-state index in [0.717, 1.165) is 5.56 Å². The van der Waals surface area contributed by atoms with Crippen molar-refractivity contribution in [2.75, 3.05) is 0 Å². The van der Waals surface area contributed by atoms with Gasteiger partial charge in [0.1, 0.15) is 17.3 Å². The minimum atomic E-state index is -0.272. The number of hydrogen-bond donors (Lipinski definition) is 1. The molecule has 0 saturated heterocycles. The third-order valence-electron chi connectivity index (χ3n) is 3.05. The zero-order valence-corrected chi connectivity index (χ0v) is 12.9. The molecule has 4 heteroatoms. The Morgan fingerprint density at radius 3 is 2.67 bits per heavy atom. The largest absolute Gasteiger partial charge is 0.455 e. The molecule has 0 aliphatic carbocycles. The summed E-state index contributed by atoms with van der Waals surface area (Å²) in [6, 6.07) is 6.75. The van der Waals surface area contributed by atoms with Crippen LogP contribution in [0, 0.1) is 12.7 Å². The quantitative estimate of drug-likeness (QED) is 0.915. The van der Waals surface area contributed by atoms with Crippen molar-refractivity contribution in [1.29, 1.82) is 0 Å². The Balaban J connectivity index is 2.17. The van der Waals surface area contributed by atoms with E-state index >= 15 is 0 Å². The van der Waals surface area contributed by atoms with Crippen LogP contribution in [-0.4, -0.2) is 10.5 Å². The molecule has 21 heavy (non-hydrogen) atoms. The van der Waals surface area contributed by atoms with Gasteiger partial charge in [-0.05, 0) is 45.4 Å². The number of halogens is 1. The number of hydrogen-bond acceptors (Lipinski definition) is 3. The Morgan fingerprint density at radius 1 is 1.24 bits per heavy atom. The number of benzene rings is 1. The minimum absolute atomic E-state index is 0.0104. The molecule has 0 fully saturated rings. The number of rotatable bonds is 4. The SMILES string of the molecule is Cc1ccc(Oc2cnccc2CNC(C)(C)C)cc1F. The Hall–Kier alpha value is -1.94. The standard InChI is InChI=1S/C17H21FN2O/c1-12-5-6-14(9-15(12)18)21-16-11-19-8-7-13(16)10-20-17(2,3)4/h5-9,11,20H,10H2,1-4H3. The van der Waals surface area contributed by atoms with Gasteiger partial charge in [-0.3, -0.25) is 4.98 Å². The van der Waals surface area contributed by atoms with Gasteiger partial charge in [0, 0.05) is 29.9 Å². The number of aromatic nitrogens is 1. The lowest BCUT2D eigenvalue weighted by atomic mass is 10.1. The maximum atomic E-state index is 13.6. The maximum absolute atomic E-state index is 13.6. The fourth-order valence-corrected chi connectivity index (χ4v) is 1.77. The molecule has 0 aliphatic rings. The van der Waals surface area contributed by atoms with E-state index in [1.807, 2.05) is 6.07 Å². The molecule has 1 aromatic carbocycles. The van der Waals surface area contributed by atoms with Gasteiger partial charge in [0.2, 0.25) is 0 Å². The average molecular weight is 288 g/mol. The molecule has 2 rings (SSSR count). The number of pyridine rings is 1. The van der Waals surface area contributed by atoms with E-state index < -0.39 is 0 Å². The first-order chi connectivity index (χ1) is 9.85. The summed E-state index contributed by atoms with van der Waals surface area (Å²) in [5, 5.41) is 3.40. The highest BCUT2D eigenvalue weighted by molar-refractivity contribution is 5.36. The second kappa shape index (κ2) is 6.22. The van der Waals surface area contributed by atoms with E-state index in [4.69, 9.17) is 4.74 Å². The molecule has 0 saturated carbocycles. The van der Waals surface area contributed by atoms with E-state index in [0.29, 0.717) is 23.6 Å². The third-order valence-corrected chi connectivity index (χ3v) is 3.05. The van der Waals surface area contributed by atoms with Gasteiger partial charge < -0.3 is 10.1 Å². The van der Waals surface area contributed by atoms with Crippen molar-refractivity contribution in [1.82, 2.24) is 10.3 Å². The molecule has 0 amide bonds. The zero-order chi connectivity index (χ0) is 15.5. The first-order valence-corrected chi connectivity index (χ1v) is 6.97. The fraction of sp³-hybridized carbons (Fsp3) is 0.353. The van der Waals surface area contributed by atoms with Crippen LogP contribution in [0.5, 0.6) is 11.5 Å². The van der Waals surface area contributed by atoms with Gasteiger partial charge in [0.05, 0.1) is 6.20 Å². The zero-order valence-electron chi connectivity index (χ0n) is 12.9. The predicted molar refractivity (Wildman–Crippen MR) is 82.0 cm³/mol. The molecule has 0 unspecified atom stereocenters. The summed E-state index contributed by atoms with van der Waals surface area (Å²) in [6.45, 7) is 8.69. The van der Waals surface area contributed by atoms with Crippen molar-refractivity contribution < 1.29 is 9.13 Å². The summed E-state index contributed by atoms with van der Waals surface area (Å²) in [5.74, 6) is 0.839. The van der Waals surface area contributed by atoms with Crippen LogP contribution in [0.15, 0.2) is 36.7 Å². The Kier molecular flexibility index (Phi) is 4.58. The van der Waals surface area contributed by atoms with E-state index in [2.05, 4.69) is 31.1 Å². The Morgan fingerprint density at radius 2 is 2.00 bits per heavy atom. The highest BCUT2D eigenvalue weighted by Crippen LogP contribution is 2.26. The van der Waals surface area contributed by atoms with Crippen LogP contribution in [0.2, 0.25) is 0 Å². The lowest BCUT2D eigenvalue weighted by Gasteiger charge is -2.21. The Bertz CT molecular complexity index is 620. The van der Waals surface area contributed by atoms with Crippen molar-refractivity contribution in [3.63, 3.8) is 0 Å². The molecule has 112 valence electrons. The summed E-state index contributed by atoms with van der Waals surface area (Å²) in [6.07, 6.45) is 3.37. The van der Waals surface area contributed by atoms with Crippen molar-refractivity contribution in [2.45, 2.75) is 39.8 Å². The summed E-state index contributed by atoms with van der Waals surface area (Å²) in [4.78, 5) is 4.08. The molecule has 0 aliphatic heterocycles. The normalized spacial score (nSPS) is 11.5. The van der Waals surface area contributed by atoms with Gasteiger partial charge in [0.25, 0.3) is 0 Å². The second-order valence-corrected chi connectivity index (χ2v) is 6.10. The Labute approximate surface area is 125 Å².